The van der Waals surface area contributed by atoms with Crippen LogP contribution in [0.5, 0.6) is 0 Å². The van der Waals surface area contributed by atoms with E-state index in [4.69, 9.17) is 4.74 Å². The lowest BCUT2D eigenvalue weighted by Gasteiger charge is -2.16. The quantitative estimate of drug-likeness (QED) is 0.818. The van der Waals surface area contributed by atoms with Crippen LogP contribution < -0.4 is 5.32 Å². The number of aliphatic hydroxyl groups excluding tert-OH is 1. The predicted molar refractivity (Wildman–Crippen MR) is 84.9 cm³/mol. The molecule has 0 radical (unpaired) electrons. The summed E-state index contributed by atoms with van der Waals surface area (Å²) in [5, 5.41) is 18.0. The number of esters is 1. The van der Waals surface area contributed by atoms with Crippen LogP contribution in [-0.4, -0.2) is 27.4 Å². The van der Waals surface area contributed by atoms with Gasteiger partial charge in [-0.3, -0.25) is 4.68 Å². The fraction of sp³-hybridized carbons (Fsp3) is 0.412. The van der Waals surface area contributed by atoms with Gasteiger partial charge in [-0.25, -0.2) is 4.79 Å². The van der Waals surface area contributed by atoms with Gasteiger partial charge in [0.25, 0.3) is 0 Å². The third-order valence-corrected chi connectivity index (χ3v) is 4.31. The van der Waals surface area contributed by atoms with Crippen LogP contribution in [0.15, 0.2) is 18.2 Å². The smallest absolute Gasteiger partial charge is 0.338 e. The lowest BCUT2D eigenvalue weighted by Crippen LogP contribution is -2.23. The van der Waals surface area contributed by atoms with Crippen molar-refractivity contribution in [3.8, 4) is 0 Å². The van der Waals surface area contributed by atoms with E-state index >= 15 is 0 Å². The minimum Gasteiger partial charge on any atom is -0.457 e. The van der Waals surface area contributed by atoms with Crippen molar-refractivity contribution in [3.05, 3.63) is 51.8 Å². The number of benzene rings is 1. The van der Waals surface area contributed by atoms with E-state index < -0.39 is 6.10 Å². The maximum absolute atomic E-state index is 11.6. The maximum Gasteiger partial charge on any atom is 0.338 e. The van der Waals surface area contributed by atoms with Crippen LogP contribution in [0.2, 0.25) is 0 Å². The molecule has 1 unspecified atom stereocenters. The standard InChI is InChI=1S/C17H21N3O3/c1-10-6-12(20(3)19-10)7-18-8-16(21)13-4-5-14-15(11(13)2)9-23-17(14)22/h4-6,16,18,21H,7-9H2,1-3H3. The summed E-state index contributed by atoms with van der Waals surface area (Å²) in [6.07, 6.45) is -0.634. The van der Waals surface area contributed by atoms with Gasteiger partial charge in [-0.1, -0.05) is 6.07 Å². The first-order valence-corrected chi connectivity index (χ1v) is 7.65. The molecule has 0 saturated carbocycles. The zero-order valence-electron chi connectivity index (χ0n) is 13.6. The number of cyclic esters (lactones) is 1. The fourth-order valence-electron chi connectivity index (χ4n) is 3.01. The monoisotopic (exact) mass is 315 g/mol. The molecule has 0 saturated heterocycles. The van der Waals surface area contributed by atoms with E-state index in [1.807, 2.05) is 31.6 Å². The van der Waals surface area contributed by atoms with Crippen LogP contribution in [0.25, 0.3) is 0 Å². The van der Waals surface area contributed by atoms with Gasteiger partial charge in [-0.05, 0) is 37.1 Å². The predicted octanol–water partition coefficient (Wildman–Crippen LogP) is 1.53. The van der Waals surface area contributed by atoms with Crippen LogP contribution in [0.1, 0.15) is 44.5 Å². The van der Waals surface area contributed by atoms with E-state index in [1.165, 1.54) is 0 Å². The molecule has 1 atom stereocenters. The van der Waals surface area contributed by atoms with Crippen molar-refractivity contribution in [1.29, 1.82) is 0 Å². The summed E-state index contributed by atoms with van der Waals surface area (Å²) >= 11 is 0. The average Bonchev–Trinajstić information content (AvgIpc) is 3.03. The van der Waals surface area contributed by atoms with E-state index in [1.54, 1.807) is 12.1 Å². The number of rotatable bonds is 5. The molecule has 2 N–H and O–H groups in total. The molecule has 1 aromatic carbocycles. The second-order valence-corrected chi connectivity index (χ2v) is 5.93. The Bertz CT molecular complexity index is 752. The SMILES string of the molecule is Cc1cc(CNCC(O)c2ccc3c(c2C)COC3=O)n(C)n1. The molecule has 1 aliphatic rings. The highest BCUT2D eigenvalue weighted by molar-refractivity contribution is 5.93. The molecule has 122 valence electrons. The molecule has 0 bridgehead atoms. The zero-order chi connectivity index (χ0) is 16.6. The number of aliphatic hydroxyl groups is 1. The van der Waals surface area contributed by atoms with E-state index in [-0.39, 0.29) is 5.97 Å². The van der Waals surface area contributed by atoms with Crippen LogP contribution >= 0.6 is 0 Å². The number of ether oxygens (including phenoxy) is 1. The number of aryl methyl sites for hydroxylation is 2. The molecule has 0 amide bonds. The van der Waals surface area contributed by atoms with Gasteiger partial charge in [-0.15, -0.1) is 0 Å². The number of nitrogens with one attached hydrogen (secondary N) is 1. The second-order valence-electron chi connectivity index (χ2n) is 5.93. The van der Waals surface area contributed by atoms with Crippen molar-refractivity contribution in [2.45, 2.75) is 33.1 Å². The molecular formula is C17H21N3O3. The Hall–Kier alpha value is -2.18. The third kappa shape index (κ3) is 3.00. The Morgan fingerprint density at radius 1 is 1.43 bits per heavy atom. The maximum atomic E-state index is 11.6. The van der Waals surface area contributed by atoms with E-state index in [0.717, 1.165) is 28.1 Å². The highest BCUT2D eigenvalue weighted by Crippen LogP contribution is 2.28. The molecule has 1 aromatic heterocycles. The Labute approximate surface area is 135 Å². The van der Waals surface area contributed by atoms with Gasteiger partial charge >= 0.3 is 5.97 Å². The summed E-state index contributed by atoms with van der Waals surface area (Å²) in [5.74, 6) is -0.283. The van der Waals surface area contributed by atoms with Crippen molar-refractivity contribution in [2.75, 3.05) is 6.54 Å². The summed E-state index contributed by atoms with van der Waals surface area (Å²) < 4.78 is 6.88. The molecule has 0 fully saturated rings. The van der Waals surface area contributed by atoms with E-state index in [0.29, 0.717) is 25.3 Å². The largest absolute Gasteiger partial charge is 0.457 e. The number of nitrogens with zero attached hydrogens (tertiary/aromatic N) is 2. The summed E-state index contributed by atoms with van der Waals surface area (Å²) in [6.45, 7) is 5.24. The average molecular weight is 315 g/mol. The third-order valence-electron chi connectivity index (χ3n) is 4.31. The first kappa shape index (κ1) is 15.7. The number of hydrogen-bond donors (Lipinski definition) is 2. The molecule has 3 rings (SSSR count). The Balaban J connectivity index is 1.66. The first-order chi connectivity index (χ1) is 11.0. The van der Waals surface area contributed by atoms with Crippen molar-refractivity contribution in [3.63, 3.8) is 0 Å². The molecule has 6 heteroatoms. The minimum atomic E-state index is -0.634. The molecule has 0 spiro atoms. The van der Waals surface area contributed by atoms with Crippen LogP contribution in [0.3, 0.4) is 0 Å². The van der Waals surface area contributed by atoms with Crippen molar-refractivity contribution >= 4 is 5.97 Å². The minimum absolute atomic E-state index is 0.283. The Morgan fingerprint density at radius 3 is 2.91 bits per heavy atom. The Kier molecular flexibility index (Phi) is 4.19. The molecule has 0 aliphatic carbocycles. The van der Waals surface area contributed by atoms with Gasteiger partial charge in [0.05, 0.1) is 23.1 Å². The summed E-state index contributed by atoms with van der Waals surface area (Å²) in [6, 6.07) is 5.56. The lowest BCUT2D eigenvalue weighted by atomic mass is 9.95. The van der Waals surface area contributed by atoms with Crippen molar-refractivity contribution < 1.29 is 14.6 Å². The highest BCUT2D eigenvalue weighted by atomic mass is 16.5. The lowest BCUT2D eigenvalue weighted by molar-refractivity contribution is 0.0535. The zero-order valence-corrected chi connectivity index (χ0v) is 13.6. The van der Waals surface area contributed by atoms with Gasteiger partial charge in [0.2, 0.25) is 0 Å². The number of carbonyl (C=O) groups is 1. The number of hydrogen-bond acceptors (Lipinski definition) is 5. The fourth-order valence-corrected chi connectivity index (χ4v) is 3.01. The second kappa shape index (κ2) is 6.14. The first-order valence-electron chi connectivity index (χ1n) is 7.65. The van der Waals surface area contributed by atoms with Gasteiger partial charge in [-0.2, -0.15) is 5.10 Å². The van der Waals surface area contributed by atoms with E-state index in [9.17, 15) is 9.90 Å². The van der Waals surface area contributed by atoms with Gasteiger partial charge in [0.15, 0.2) is 0 Å². The van der Waals surface area contributed by atoms with Crippen molar-refractivity contribution in [1.82, 2.24) is 15.1 Å². The van der Waals surface area contributed by atoms with Crippen LogP contribution in [-0.2, 0) is 24.9 Å². The van der Waals surface area contributed by atoms with Gasteiger partial charge < -0.3 is 15.2 Å². The highest BCUT2D eigenvalue weighted by Gasteiger charge is 2.25. The molecule has 1 aliphatic heterocycles. The molecule has 23 heavy (non-hydrogen) atoms. The summed E-state index contributed by atoms with van der Waals surface area (Å²) in [4.78, 5) is 11.6. The number of carbonyl (C=O) groups excluding carboxylic acids is 1. The molecule has 2 aromatic rings. The normalized spacial score (nSPS) is 14.7. The summed E-state index contributed by atoms with van der Waals surface area (Å²) in [7, 11) is 1.90. The van der Waals surface area contributed by atoms with Crippen molar-refractivity contribution in [2.24, 2.45) is 7.05 Å². The van der Waals surface area contributed by atoms with Crippen LogP contribution in [0.4, 0.5) is 0 Å². The Morgan fingerprint density at radius 2 is 2.22 bits per heavy atom. The molecule has 6 nitrogen and oxygen atoms in total. The molecular weight excluding hydrogens is 294 g/mol. The summed E-state index contributed by atoms with van der Waals surface area (Å²) in [5.41, 5.74) is 5.30. The number of fused-ring (bicyclic) bond motifs is 1. The van der Waals surface area contributed by atoms with Gasteiger partial charge in [0.1, 0.15) is 6.61 Å². The van der Waals surface area contributed by atoms with Gasteiger partial charge in [0, 0.05) is 25.7 Å². The van der Waals surface area contributed by atoms with Crippen LogP contribution in [0, 0.1) is 13.8 Å². The molecule has 2 heterocycles. The number of aromatic nitrogens is 2. The van der Waals surface area contributed by atoms with E-state index in [2.05, 4.69) is 10.4 Å². The topological polar surface area (TPSA) is 76.4 Å².